The van der Waals surface area contributed by atoms with Gasteiger partial charge in [-0.1, -0.05) is 19.9 Å². The average Bonchev–Trinajstić information content (AvgIpc) is 2.46. The van der Waals surface area contributed by atoms with Gasteiger partial charge in [0.05, 0.1) is 6.54 Å². The third-order valence-electron chi connectivity index (χ3n) is 4.44. The molecule has 1 saturated heterocycles. The molecule has 1 N–H and O–H groups in total. The van der Waals surface area contributed by atoms with Crippen LogP contribution in [-0.2, 0) is 16.1 Å². The molecular weight excluding hydrogens is 271 g/mol. The van der Waals surface area contributed by atoms with E-state index in [9.17, 15) is 14.0 Å². The van der Waals surface area contributed by atoms with Gasteiger partial charge in [0.25, 0.3) is 0 Å². The minimum atomic E-state index is -0.809. The molecule has 1 fully saturated rings. The second-order valence-corrected chi connectivity index (χ2v) is 5.47. The number of halogens is 1. The topological polar surface area (TPSA) is 49.4 Å². The van der Waals surface area contributed by atoms with Gasteiger partial charge >= 0.3 is 0 Å². The molecule has 1 heterocycles. The van der Waals surface area contributed by atoms with E-state index in [1.54, 1.807) is 11.0 Å². The summed E-state index contributed by atoms with van der Waals surface area (Å²) in [5, 5.41) is 2.67. The normalized spacial score (nSPS) is 17.8. The molecular formula is C16H21FN2O2. The zero-order chi connectivity index (χ0) is 15.6. The predicted molar refractivity (Wildman–Crippen MR) is 78.0 cm³/mol. The van der Waals surface area contributed by atoms with Gasteiger partial charge in [-0.25, -0.2) is 4.39 Å². The Bertz CT molecular complexity index is 567. The molecule has 4 nitrogen and oxygen atoms in total. The summed E-state index contributed by atoms with van der Waals surface area (Å²) >= 11 is 0. The molecule has 114 valence electrons. The number of hydrogen-bond acceptors (Lipinski definition) is 2. The molecule has 1 aliphatic heterocycles. The van der Waals surface area contributed by atoms with E-state index in [1.165, 1.54) is 12.1 Å². The molecule has 0 unspecified atom stereocenters. The summed E-state index contributed by atoms with van der Waals surface area (Å²) in [6.07, 6.45) is 1.11. The Morgan fingerprint density at radius 1 is 1.29 bits per heavy atom. The third kappa shape index (κ3) is 2.64. The van der Waals surface area contributed by atoms with Crippen molar-refractivity contribution >= 4 is 11.8 Å². The molecule has 2 rings (SSSR count). The number of carbonyl (C=O) groups is 2. The van der Waals surface area contributed by atoms with Crippen LogP contribution in [0, 0.1) is 12.7 Å². The Balaban J connectivity index is 2.37. The van der Waals surface area contributed by atoms with E-state index in [0.29, 0.717) is 19.4 Å². The van der Waals surface area contributed by atoms with Gasteiger partial charge in [-0.2, -0.15) is 0 Å². The number of piperazine rings is 1. The van der Waals surface area contributed by atoms with Crippen LogP contribution < -0.4 is 5.32 Å². The Hall–Kier alpha value is -1.91. The Labute approximate surface area is 124 Å². The van der Waals surface area contributed by atoms with Gasteiger partial charge in [-0.05, 0) is 43.0 Å². The molecule has 0 aromatic heterocycles. The fourth-order valence-corrected chi connectivity index (χ4v) is 2.98. The highest BCUT2D eigenvalue weighted by atomic mass is 19.1. The maximum Gasteiger partial charge on any atom is 0.246 e. The summed E-state index contributed by atoms with van der Waals surface area (Å²) in [5.41, 5.74) is 0.844. The van der Waals surface area contributed by atoms with E-state index in [4.69, 9.17) is 0 Å². The van der Waals surface area contributed by atoms with Gasteiger partial charge in [-0.15, -0.1) is 0 Å². The monoisotopic (exact) mass is 292 g/mol. The SMILES string of the molecule is CCC1(CC)C(=O)NCC(=O)N1Cc1ccc(F)cc1C. The lowest BCUT2D eigenvalue weighted by Gasteiger charge is -2.45. The van der Waals surface area contributed by atoms with E-state index in [0.717, 1.165) is 11.1 Å². The molecule has 0 radical (unpaired) electrons. The van der Waals surface area contributed by atoms with Crippen LogP contribution in [0.4, 0.5) is 4.39 Å². The molecule has 0 spiro atoms. The quantitative estimate of drug-likeness (QED) is 0.924. The van der Waals surface area contributed by atoms with Crippen molar-refractivity contribution < 1.29 is 14.0 Å². The molecule has 1 aliphatic rings. The van der Waals surface area contributed by atoms with Crippen molar-refractivity contribution in [3.63, 3.8) is 0 Å². The molecule has 0 saturated carbocycles. The van der Waals surface area contributed by atoms with Gasteiger partial charge in [0.1, 0.15) is 11.4 Å². The molecule has 1 aromatic carbocycles. The molecule has 5 heteroatoms. The number of carbonyl (C=O) groups excluding carboxylic acids is 2. The predicted octanol–water partition coefficient (Wildman–Crippen LogP) is 2.15. The molecule has 0 aliphatic carbocycles. The van der Waals surface area contributed by atoms with Gasteiger partial charge in [0, 0.05) is 6.54 Å². The highest BCUT2D eigenvalue weighted by Crippen LogP contribution is 2.29. The number of hydrogen-bond donors (Lipinski definition) is 1. The van der Waals surface area contributed by atoms with Crippen LogP contribution in [0.2, 0.25) is 0 Å². The van der Waals surface area contributed by atoms with Crippen molar-refractivity contribution in [2.24, 2.45) is 0 Å². The van der Waals surface area contributed by atoms with Gasteiger partial charge < -0.3 is 10.2 Å². The zero-order valence-corrected chi connectivity index (χ0v) is 12.7. The largest absolute Gasteiger partial charge is 0.345 e. The lowest BCUT2D eigenvalue weighted by atomic mass is 9.86. The van der Waals surface area contributed by atoms with Crippen LogP contribution in [0.1, 0.15) is 37.8 Å². The highest BCUT2D eigenvalue weighted by Gasteiger charge is 2.46. The Morgan fingerprint density at radius 2 is 1.95 bits per heavy atom. The van der Waals surface area contributed by atoms with Gasteiger partial charge in [0.15, 0.2) is 0 Å². The number of benzene rings is 1. The lowest BCUT2D eigenvalue weighted by Crippen LogP contribution is -2.66. The van der Waals surface area contributed by atoms with E-state index in [-0.39, 0.29) is 24.2 Å². The standard InChI is InChI=1S/C16H21FN2O2/c1-4-16(5-2)15(21)18-9-14(20)19(16)10-12-6-7-13(17)8-11(12)3/h6-8H,4-5,9-10H2,1-3H3,(H,18,21). The summed E-state index contributed by atoms with van der Waals surface area (Å²) in [4.78, 5) is 26.2. The van der Waals surface area contributed by atoms with E-state index in [2.05, 4.69) is 5.32 Å². The minimum Gasteiger partial charge on any atom is -0.345 e. The van der Waals surface area contributed by atoms with Gasteiger partial charge in [-0.3, -0.25) is 9.59 Å². The summed E-state index contributed by atoms with van der Waals surface area (Å²) in [6, 6.07) is 4.51. The van der Waals surface area contributed by atoms with Crippen molar-refractivity contribution in [3.8, 4) is 0 Å². The summed E-state index contributed by atoms with van der Waals surface area (Å²) in [7, 11) is 0. The average molecular weight is 292 g/mol. The second-order valence-electron chi connectivity index (χ2n) is 5.47. The lowest BCUT2D eigenvalue weighted by molar-refractivity contribution is -0.155. The van der Waals surface area contributed by atoms with E-state index < -0.39 is 5.54 Å². The van der Waals surface area contributed by atoms with E-state index >= 15 is 0 Å². The highest BCUT2D eigenvalue weighted by molar-refractivity contribution is 5.97. The van der Waals surface area contributed by atoms with Crippen LogP contribution in [0.25, 0.3) is 0 Å². The third-order valence-corrected chi connectivity index (χ3v) is 4.44. The second kappa shape index (κ2) is 5.84. The first-order valence-corrected chi connectivity index (χ1v) is 7.28. The van der Waals surface area contributed by atoms with Crippen molar-refractivity contribution in [2.45, 2.75) is 45.7 Å². The first-order chi connectivity index (χ1) is 9.94. The first kappa shape index (κ1) is 15.5. The van der Waals surface area contributed by atoms with Crippen molar-refractivity contribution in [1.29, 1.82) is 0 Å². The molecule has 0 bridgehead atoms. The van der Waals surface area contributed by atoms with Crippen LogP contribution in [-0.4, -0.2) is 28.8 Å². The van der Waals surface area contributed by atoms with Crippen molar-refractivity contribution in [3.05, 3.63) is 35.1 Å². The number of amides is 2. The number of aryl methyl sites for hydroxylation is 1. The van der Waals surface area contributed by atoms with Crippen LogP contribution in [0.3, 0.4) is 0 Å². The molecule has 21 heavy (non-hydrogen) atoms. The van der Waals surface area contributed by atoms with Crippen molar-refractivity contribution in [1.82, 2.24) is 10.2 Å². The smallest absolute Gasteiger partial charge is 0.246 e. The first-order valence-electron chi connectivity index (χ1n) is 7.28. The number of nitrogens with zero attached hydrogens (tertiary/aromatic N) is 1. The maximum absolute atomic E-state index is 13.2. The summed E-state index contributed by atoms with van der Waals surface area (Å²) in [6.45, 7) is 5.99. The van der Waals surface area contributed by atoms with Crippen LogP contribution in [0.15, 0.2) is 18.2 Å². The minimum absolute atomic E-state index is 0.0286. The maximum atomic E-state index is 13.2. The fourth-order valence-electron chi connectivity index (χ4n) is 2.98. The van der Waals surface area contributed by atoms with E-state index in [1.807, 2.05) is 20.8 Å². The van der Waals surface area contributed by atoms with Gasteiger partial charge in [0.2, 0.25) is 11.8 Å². The number of rotatable bonds is 4. The Morgan fingerprint density at radius 3 is 2.52 bits per heavy atom. The summed E-state index contributed by atoms with van der Waals surface area (Å²) in [5.74, 6) is -0.495. The van der Waals surface area contributed by atoms with Crippen LogP contribution >= 0.6 is 0 Å². The molecule has 2 amide bonds. The zero-order valence-electron chi connectivity index (χ0n) is 12.7. The summed E-state index contributed by atoms with van der Waals surface area (Å²) < 4.78 is 13.2. The molecule has 0 atom stereocenters. The van der Waals surface area contributed by atoms with Crippen molar-refractivity contribution in [2.75, 3.05) is 6.54 Å². The van der Waals surface area contributed by atoms with Crippen LogP contribution in [0.5, 0.6) is 0 Å². The fraction of sp³-hybridized carbons (Fsp3) is 0.500. The Kier molecular flexibility index (Phi) is 4.30. The number of nitrogens with one attached hydrogen (secondary N) is 1. The molecule has 1 aromatic rings.